The zero-order valence-electron chi connectivity index (χ0n) is 25.8. The fraction of sp³-hybridized carbons (Fsp3) is 0.189. The molecule has 5 rings (SSSR count). The number of nitrogens with zero attached hydrogens (tertiary/aromatic N) is 2. The van der Waals surface area contributed by atoms with Crippen LogP contribution in [-0.2, 0) is 29.4 Å². The van der Waals surface area contributed by atoms with E-state index < -0.39 is 21.9 Å². The molecule has 0 saturated carbocycles. The van der Waals surface area contributed by atoms with Crippen LogP contribution in [0.3, 0.4) is 0 Å². The van der Waals surface area contributed by atoms with Crippen LogP contribution in [0.25, 0.3) is 0 Å². The minimum absolute atomic E-state index is 0.0572. The van der Waals surface area contributed by atoms with Crippen LogP contribution in [-0.4, -0.2) is 47.6 Å². The van der Waals surface area contributed by atoms with Crippen molar-refractivity contribution in [3.63, 3.8) is 0 Å². The first-order valence-electron chi connectivity index (χ1n) is 15.0. The lowest BCUT2D eigenvalue weighted by atomic mass is 10.1. The number of carbonyl (C=O) groups is 1. The number of rotatable bonds is 14. The maximum absolute atomic E-state index is 13.6. The van der Waals surface area contributed by atoms with Gasteiger partial charge in [-0.1, -0.05) is 90.5 Å². The van der Waals surface area contributed by atoms with E-state index >= 15 is 0 Å². The molecule has 8 nitrogen and oxygen atoms in total. The van der Waals surface area contributed by atoms with Crippen LogP contribution in [0.2, 0.25) is 5.15 Å². The smallest absolute Gasteiger partial charge is 0.339 e. The fourth-order valence-corrected chi connectivity index (χ4v) is 6.73. The summed E-state index contributed by atoms with van der Waals surface area (Å²) in [6.07, 6.45) is 1.40. The number of ether oxygens (including phenoxy) is 1. The van der Waals surface area contributed by atoms with Gasteiger partial charge in [-0.25, -0.2) is 18.2 Å². The molecule has 1 atom stereocenters. The molecule has 0 aliphatic rings. The van der Waals surface area contributed by atoms with Gasteiger partial charge in [-0.2, -0.15) is 0 Å². The molecule has 0 aliphatic carbocycles. The Balaban J connectivity index is 1.30. The Kier molecular flexibility index (Phi) is 11.1. The van der Waals surface area contributed by atoms with Gasteiger partial charge in [0.2, 0.25) is 9.84 Å². The number of aromatic carboxylic acids is 1. The van der Waals surface area contributed by atoms with E-state index in [9.17, 15) is 23.4 Å². The fourth-order valence-electron chi connectivity index (χ4n) is 5.25. The van der Waals surface area contributed by atoms with Crippen molar-refractivity contribution in [1.29, 1.82) is 0 Å². The SMILES string of the molecule is Cc1cc(S(=O)(=O)c2ccc(CCN(Cc3ccccc3)C[C@H](O)c3ccc(Cl)nc3)cc2)cc(C(=O)O)c1OCc1ccccc1. The Morgan fingerprint density at radius 1 is 0.872 bits per heavy atom. The van der Waals surface area contributed by atoms with Gasteiger partial charge in [-0.15, -0.1) is 0 Å². The molecule has 0 radical (unpaired) electrons. The van der Waals surface area contributed by atoms with Gasteiger partial charge in [0.1, 0.15) is 23.1 Å². The van der Waals surface area contributed by atoms with E-state index in [-0.39, 0.29) is 27.7 Å². The van der Waals surface area contributed by atoms with Gasteiger partial charge in [-0.05, 0) is 65.9 Å². The molecule has 0 amide bonds. The maximum Gasteiger partial charge on any atom is 0.339 e. The maximum atomic E-state index is 13.6. The number of carboxylic acid groups (broad SMARTS) is 1. The van der Waals surface area contributed by atoms with E-state index in [4.69, 9.17) is 16.3 Å². The summed E-state index contributed by atoms with van der Waals surface area (Å²) in [7, 11) is -4.02. The Morgan fingerprint density at radius 3 is 2.15 bits per heavy atom. The van der Waals surface area contributed by atoms with Gasteiger partial charge in [-0.3, -0.25) is 4.90 Å². The van der Waals surface area contributed by atoms with Crippen molar-refractivity contribution < 1.29 is 28.2 Å². The summed E-state index contributed by atoms with van der Waals surface area (Å²) < 4.78 is 33.1. The van der Waals surface area contributed by atoms with Gasteiger partial charge in [0.05, 0.1) is 15.9 Å². The summed E-state index contributed by atoms with van der Waals surface area (Å²) in [5, 5.41) is 21.2. The second-order valence-electron chi connectivity index (χ2n) is 11.2. The third-order valence-corrected chi connectivity index (χ3v) is 9.75. The average Bonchev–Trinajstić information content (AvgIpc) is 3.07. The van der Waals surface area contributed by atoms with Crippen LogP contribution < -0.4 is 4.74 Å². The molecular weight excluding hydrogens is 636 g/mol. The number of benzene rings is 4. The van der Waals surface area contributed by atoms with Crippen molar-refractivity contribution in [1.82, 2.24) is 9.88 Å². The van der Waals surface area contributed by atoms with E-state index in [1.807, 2.05) is 60.7 Å². The number of aliphatic hydroxyl groups excluding tert-OH is 1. The minimum Gasteiger partial charge on any atom is -0.488 e. The summed E-state index contributed by atoms with van der Waals surface area (Å²) in [6, 6.07) is 31.9. The van der Waals surface area contributed by atoms with Crippen molar-refractivity contribution in [3.05, 3.63) is 154 Å². The summed E-state index contributed by atoms with van der Waals surface area (Å²) in [5.41, 5.74) is 3.73. The van der Waals surface area contributed by atoms with Gasteiger partial charge in [0.25, 0.3) is 0 Å². The molecule has 0 bridgehead atoms. The highest BCUT2D eigenvalue weighted by Crippen LogP contribution is 2.31. The Bertz CT molecular complexity index is 1900. The molecule has 4 aromatic carbocycles. The van der Waals surface area contributed by atoms with Crippen LogP contribution in [0.4, 0.5) is 0 Å². The Hall–Kier alpha value is -4.54. The van der Waals surface area contributed by atoms with E-state index in [2.05, 4.69) is 9.88 Å². The van der Waals surface area contributed by atoms with E-state index in [1.54, 1.807) is 37.4 Å². The molecule has 0 saturated heterocycles. The quantitative estimate of drug-likeness (QED) is 0.122. The molecule has 10 heteroatoms. The summed E-state index contributed by atoms with van der Waals surface area (Å²) >= 11 is 5.92. The van der Waals surface area contributed by atoms with Crippen LogP contribution in [0.15, 0.2) is 125 Å². The lowest BCUT2D eigenvalue weighted by Gasteiger charge is -2.25. The lowest BCUT2D eigenvalue weighted by molar-refractivity contribution is 0.0691. The number of aliphatic hydroxyl groups is 1. The molecule has 47 heavy (non-hydrogen) atoms. The third kappa shape index (κ3) is 8.84. The molecule has 0 aliphatic heterocycles. The topological polar surface area (TPSA) is 117 Å². The lowest BCUT2D eigenvalue weighted by Crippen LogP contribution is -2.30. The molecule has 0 fully saturated rings. The molecule has 242 valence electrons. The summed E-state index contributed by atoms with van der Waals surface area (Å²) in [4.78, 5) is 18.3. The minimum atomic E-state index is -4.02. The van der Waals surface area contributed by atoms with Crippen LogP contribution in [0.1, 0.15) is 44.3 Å². The first kappa shape index (κ1) is 33.8. The van der Waals surface area contributed by atoms with Crippen molar-refractivity contribution in [3.8, 4) is 5.75 Å². The summed E-state index contributed by atoms with van der Waals surface area (Å²) in [5.74, 6) is -1.14. The molecule has 5 aromatic rings. The van der Waals surface area contributed by atoms with Crippen molar-refractivity contribution in [2.24, 2.45) is 0 Å². The third-order valence-electron chi connectivity index (χ3n) is 7.78. The number of hydrogen-bond acceptors (Lipinski definition) is 7. The molecule has 1 aromatic heterocycles. The standard InChI is InChI=1S/C37H35ClN2O6S/c1-26-20-32(21-33(37(42)43)36(26)46-25-29-10-6-3-7-11-29)47(44,45)31-15-12-27(13-16-31)18-19-40(23-28-8-4-2-5-9-28)24-34(41)30-14-17-35(38)39-22-30/h2-17,20-22,34,41H,18-19,23-25H2,1H3,(H,42,43)/t34-/m0/s1. The number of aromatic nitrogens is 1. The predicted molar refractivity (Wildman–Crippen MR) is 180 cm³/mol. The first-order valence-corrected chi connectivity index (χ1v) is 16.9. The van der Waals surface area contributed by atoms with Crippen LogP contribution in [0, 0.1) is 6.92 Å². The Labute approximate surface area is 279 Å². The average molecular weight is 671 g/mol. The number of aryl methyl sites for hydroxylation is 1. The normalized spacial score (nSPS) is 12.2. The van der Waals surface area contributed by atoms with Crippen LogP contribution in [0.5, 0.6) is 5.75 Å². The van der Waals surface area contributed by atoms with E-state index in [0.29, 0.717) is 42.3 Å². The zero-order chi connectivity index (χ0) is 33.4. The molecule has 0 unspecified atom stereocenters. The highest BCUT2D eigenvalue weighted by Gasteiger charge is 2.24. The molecular formula is C37H35ClN2O6S. The van der Waals surface area contributed by atoms with Crippen LogP contribution >= 0.6 is 11.6 Å². The summed E-state index contributed by atoms with van der Waals surface area (Å²) in [6.45, 7) is 3.36. The van der Waals surface area contributed by atoms with E-state index in [1.165, 1.54) is 18.2 Å². The largest absolute Gasteiger partial charge is 0.488 e. The first-order chi connectivity index (χ1) is 22.6. The molecule has 2 N–H and O–H groups in total. The van der Waals surface area contributed by atoms with Gasteiger partial charge >= 0.3 is 5.97 Å². The number of pyridine rings is 1. The molecule has 0 spiro atoms. The predicted octanol–water partition coefficient (Wildman–Crippen LogP) is 6.93. The number of sulfone groups is 1. The highest BCUT2D eigenvalue weighted by molar-refractivity contribution is 7.91. The highest BCUT2D eigenvalue weighted by atomic mass is 35.5. The molecule has 1 heterocycles. The van der Waals surface area contributed by atoms with Crippen molar-refractivity contribution in [2.75, 3.05) is 13.1 Å². The zero-order valence-corrected chi connectivity index (χ0v) is 27.4. The second-order valence-corrected chi connectivity index (χ2v) is 13.6. The van der Waals surface area contributed by atoms with Crippen molar-refractivity contribution >= 4 is 27.4 Å². The number of halogens is 1. The monoisotopic (exact) mass is 670 g/mol. The Morgan fingerprint density at radius 2 is 1.53 bits per heavy atom. The van der Waals surface area contributed by atoms with Crippen molar-refractivity contribution in [2.45, 2.75) is 42.4 Å². The van der Waals surface area contributed by atoms with Gasteiger partial charge < -0.3 is 14.9 Å². The second kappa shape index (κ2) is 15.4. The number of carboxylic acids is 1. The van der Waals surface area contributed by atoms with E-state index in [0.717, 1.165) is 22.8 Å². The van der Waals surface area contributed by atoms with Gasteiger partial charge in [0, 0.05) is 31.4 Å². The van der Waals surface area contributed by atoms with Gasteiger partial charge in [0.15, 0.2) is 0 Å². The number of hydrogen-bond donors (Lipinski definition) is 2.